The Bertz CT molecular complexity index is 545. The number of hydrogen-bond acceptors (Lipinski definition) is 3. The monoisotopic (exact) mass is 304 g/mol. The number of ether oxygens (including phenoxy) is 1. The maximum absolute atomic E-state index is 5.64. The van der Waals surface area contributed by atoms with Crippen molar-refractivity contribution in [3.8, 4) is 5.75 Å². The molecule has 0 spiro atoms. The molecule has 0 aliphatic carbocycles. The lowest BCUT2D eigenvalue weighted by Crippen LogP contribution is -2.32. The molecule has 0 radical (unpaired) electrons. The average Bonchev–Trinajstić information content (AvgIpc) is 2.40. The van der Waals surface area contributed by atoms with Crippen molar-refractivity contribution in [3.63, 3.8) is 0 Å². The van der Waals surface area contributed by atoms with Gasteiger partial charge in [0.1, 0.15) is 6.61 Å². The van der Waals surface area contributed by atoms with Crippen molar-refractivity contribution in [1.82, 2.24) is 4.98 Å². The highest BCUT2D eigenvalue weighted by atomic mass is 79.9. The largest absolute Gasteiger partial charge is 0.488 e. The van der Waals surface area contributed by atoms with Crippen LogP contribution in [0.4, 0.5) is 5.82 Å². The number of aromatic nitrogens is 1. The molecule has 4 heteroatoms. The molecule has 0 fully saturated rings. The Labute approximate surface area is 115 Å². The minimum atomic E-state index is 0.706. The average molecular weight is 305 g/mol. The second kappa shape index (κ2) is 4.98. The standard InChI is InChI=1S/C14H13BrN2O/c15-12-8-13-14(16-9-12)17(6-7-18-13)10-11-4-2-1-3-5-11/h1-5,8-9H,6-7,10H2. The summed E-state index contributed by atoms with van der Waals surface area (Å²) in [4.78, 5) is 6.70. The second-order valence-corrected chi connectivity index (χ2v) is 5.15. The molecule has 1 aliphatic heterocycles. The van der Waals surface area contributed by atoms with Gasteiger partial charge in [-0.3, -0.25) is 0 Å². The van der Waals surface area contributed by atoms with Crippen LogP contribution >= 0.6 is 15.9 Å². The van der Waals surface area contributed by atoms with E-state index in [1.807, 2.05) is 18.3 Å². The number of nitrogens with zero attached hydrogens (tertiary/aromatic N) is 2. The van der Waals surface area contributed by atoms with Gasteiger partial charge in [-0.15, -0.1) is 0 Å². The number of benzene rings is 1. The molecular weight excluding hydrogens is 292 g/mol. The Morgan fingerprint density at radius 2 is 2.11 bits per heavy atom. The van der Waals surface area contributed by atoms with Gasteiger partial charge in [0.2, 0.25) is 0 Å². The van der Waals surface area contributed by atoms with E-state index in [1.54, 1.807) is 0 Å². The summed E-state index contributed by atoms with van der Waals surface area (Å²) in [6.07, 6.45) is 1.81. The van der Waals surface area contributed by atoms with Crippen LogP contribution in [0.5, 0.6) is 5.75 Å². The minimum absolute atomic E-state index is 0.706. The SMILES string of the molecule is Brc1cnc2c(c1)OCCN2Cc1ccccc1. The predicted octanol–water partition coefficient (Wildman–Crippen LogP) is 3.24. The van der Waals surface area contributed by atoms with Gasteiger partial charge >= 0.3 is 0 Å². The molecule has 0 unspecified atom stereocenters. The summed E-state index contributed by atoms with van der Waals surface area (Å²) < 4.78 is 6.59. The van der Waals surface area contributed by atoms with Crippen molar-refractivity contribution in [2.75, 3.05) is 18.1 Å². The normalized spacial score (nSPS) is 13.9. The molecule has 3 nitrogen and oxygen atoms in total. The summed E-state index contributed by atoms with van der Waals surface area (Å²) in [5.74, 6) is 1.78. The molecule has 0 saturated carbocycles. The van der Waals surface area contributed by atoms with Crippen molar-refractivity contribution < 1.29 is 4.74 Å². The fraction of sp³-hybridized carbons (Fsp3) is 0.214. The van der Waals surface area contributed by atoms with Gasteiger partial charge in [-0.2, -0.15) is 0 Å². The third kappa shape index (κ3) is 2.34. The van der Waals surface area contributed by atoms with E-state index in [0.29, 0.717) is 6.61 Å². The van der Waals surface area contributed by atoms with Crippen LogP contribution in [0.2, 0.25) is 0 Å². The van der Waals surface area contributed by atoms with Crippen LogP contribution in [0.1, 0.15) is 5.56 Å². The lowest BCUT2D eigenvalue weighted by molar-refractivity contribution is 0.304. The quantitative estimate of drug-likeness (QED) is 0.851. The van der Waals surface area contributed by atoms with Gasteiger partial charge < -0.3 is 9.64 Å². The third-order valence-electron chi connectivity index (χ3n) is 2.93. The summed E-state index contributed by atoms with van der Waals surface area (Å²) in [6.45, 7) is 2.44. The zero-order valence-electron chi connectivity index (χ0n) is 9.84. The molecule has 2 heterocycles. The molecule has 0 amide bonds. The van der Waals surface area contributed by atoms with Gasteiger partial charge in [0.25, 0.3) is 0 Å². The Kier molecular flexibility index (Phi) is 3.19. The number of fused-ring (bicyclic) bond motifs is 1. The zero-order valence-corrected chi connectivity index (χ0v) is 11.4. The maximum atomic E-state index is 5.64. The zero-order chi connectivity index (χ0) is 12.4. The van der Waals surface area contributed by atoms with E-state index in [4.69, 9.17) is 4.74 Å². The Balaban J connectivity index is 1.87. The van der Waals surface area contributed by atoms with Crippen LogP contribution in [0, 0.1) is 0 Å². The number of hydrogen-bond donors (Lipinski definition) is 0. The van der Waals surface area contributed by atoms with Gasteiger partial charge in [-0.25, -0.2) is 4.98 Å². The highest BCUT2D eigenvalue weighted by Gasteiger charge is 2.19. The first-order valence-electron chi connectivity index (χ1n) is 5.90. The lowest BCUT2D eigenvalue weighted by Gasteiger charge is -2.30. The molecule has 0 N–H and O–H groups in total. The summed E-state index contributed by atoms with van der Waals surface area (Å²) in [6, 6.07) is 12.4. The molecule has 3 rings (SSSR count). The van der Waals surface area contributed by atoms with E-state index in [1.165, 1.54) is 5.56 Å². The first kappa shape index (κ1) is 11.5. The Hall–Kier alpha value is -1.55. The van der Waals surface area contributed by atoms with Crippen molar-refractivity contribution >= 4 is 21.7 Å². The number of anilines is 1. The van der Waals surface area contributed by atoms with E-state index >= 15 is 0 Å². The molecule has 1 aromatic heterocycles. The first-order valence-corrected chi connectivity index (χ1v) is 6.69. The fourth-order valence-corrected chi connectivity index (χ4v) is 2.40. The summed E-state index contributed by atoms with van der Waals surface area (Å²) in [5, 5.41) is 0. The maximum Gasteiger partial charge on any atom is 0.171 e. The number of halogens is 1. The van der Waals surface area contributed by atoms with Crippen molar-refractivity contribution in [2.24, 2.45) is 0 Å². The van der Waals surface area contributed by atoms with Crippen LogP contribution in [0.25, 0.3) is 0 Å². The van der Waals surface area contributed by atoms with Crippen LogP contribution < -0.4 is 9.64 Å². The number of rotatable bonds is 2. The van der Waals surface area contributed by atoms with Crippen LogP contribution in [0.15, 0.2) is 47.1 Å². The molecule has 0 atom stereocenters. The topological polar surface area (TPSA) is 25.4 Å². The highest BCUT2D eigenvalue weighted by Crippen LogP contribution is 2.32. The Morgan fingerprint density at radius 3 is 2.94 bits per heavy atom. The smallest absolute Gasteiger partial charge is 0.171 e. The van der Waals surface area contributed by atoms with E-state index in [9.17, 15) is 0 Å². The van der Waals surface area contributed by atoms with E-state index in [-0.39, 0.29) is 0 Å². The molecule has 1 aliphatic rings. The highest BCUT2D eigenvalue weighted by molar-refractivity contribution is 9.10. The van der Waals surface area contributed by atoms with Crippen molar-refractivity contribution in [3.05, 3.63) is 52.6 Å². The van der Waals surface area contributed by atoms with Crippen molar-refractivity contribution in [1.29, 1.82) is 0 Å². The van der Waals surface area contributed by atoms with E-state index < -0.39 is 0 Å². The first-order chi connectivity index (χ1) is 8.83. The molecule has 0 saturated heterocycles. The summed E-state index contributed by atoms with van der Waals surface area (Å²) in [7, 11) is 0. The minimum Gasteiger partial charge on any atom is -0.488 e. The molecule has 18 heavy (non-hydrogen) atoms. The molecule has 1 aromatic carbocycles. The summed E-state index contributed by atoms with van der Waals surface area (Å²) in [5.41, 5.74) is 1.29. The van der Waals surface area contributed by atoms with E-state index in [2.05, 4.69) is 50.1 Å². The van der Waals surface area contributed by atoms with Crippen LogP contribution in [-0.4, -0.2) is 18.1 Å². The number of pyridine rings is 1. The summed E-state index contributed by atoms with van der Waals surface area (Å²) >= 11 is 3.42. The van der Waals surface area contributed by atoms with E-state index in [0.717, 1.165) is 29.1 Å². The van der Waals surface area contributed by atoms with Gasteiger partial charge in [0.15, 0.2) is 11.6 Å². The van der Waals surface area contributed by atoms with Crippen molar-refractivity contribution in [2.45, 2.75) is 6.54 Å². The van der Waals surface area contributed by atoms with Gasteiger partial charge in [-0.05, 0) is 27.6 Å². The fourth-order valence-electron chi connectivity index (χ4n) is 2.09. The second-order valence-electron chi connectivity index (χ2n) is 4.23. The lowest BCUT2D eigenvalue weighted by atomic mass is 10.2. The molecule has 92 valence electrons. The molecular formula is C14H13BrN2O. The van der Waals surface area contributed by atoms with Gasteiger partial charge in [0, 0.05) is 17.2 Å². The van der Waals surface area contributed by atoms with Crippen LogP contribution in [0.3, 0.4) is 0 Å². The molecule has 2 aromatic rings. The van der Waals surface area contributed by atoms with Crippen LogP contribution in [-0.2, 0) is 6.54 Å². The molecule has 0 bridgehead atoms. The third-order valence-corrected chi connectivity index (χ3v) is 3.37. The Morgan fingerprint density at radius 1 is 1.28 bits per heavy atom. The predicted molar refractivity (Wildman–Crippen MR) is 74.9 cm³/mol. The van der Waals surface area contributed by atoms with Gasteiger partial charge in [-0.1, -0.05) is 30.3 Å². The van der Waals surface area contributed by atoms with Gasteiger partial charge in [0.05, 0.1) is 6.54 Å².